The van der Waals surface area contributed by atoms with Crippen LogP contribution in [0, 0.1) is 0 Å². The van der Waals surface area contributed by atoms with Crippen LogP contribution in [0.3, 0.4) is 0 Å². The highest BCUT2D eigenvalue weighted by Crippen LogP contribution is 2.15. The molecule has 1 heterocycles. The Hall–Kier alpha value is -0.830. The van der Waals surface area contributed by atoms with E-state index in [1.54, 1.807) is 0 Å². The van der Waals surface area contributed by atoms with Crippen LogP contribution in [0.4, 0.5) is 0 Å². The summed E-state index contributed by atoms with van der Waals surface area (Å²) >= 11 is 0. The minimum Gasteiger partial charge on any atom is -0.328 e. The van der Waals surface area contributed by atoms with E-state index in [2.05, 4.69) is 37.6 Å². The van der Waals surface area contributed by atoms with Gasteiger partial charge in [0.05, 0.1) is 6.54 Å². The van der Waals surface area contributed by atoms with Crippen LogP contribution in [0.5, 0.6) is 0 Å². The van der Waals surface area contributed by atoms with Crippen LogP contribution >= 0.6 is 0 Å². The minimum atomic E-state index is 0.0424. The number of amides is 1. The van der Waals surface area contributed by atoms with Crippen molar-refractivity contribution < 1.29 is 4.79 Å². The molecule has 1 rings (SSSR count). The number of carbonyl (C=O) groups excluding carboxylic acids is 1. The lowest BCUT2D eigenvalue weighted by molar-refractivity contribution is -0.124. The summed E-state index contributed by atoms with van der Waals surface area (Å²) in [6.45, 7) is 11.3. The molecule has 0 aromatic carbocycles. The van der Waals surface area contributed by atoms with Crippen molar-refractivity contribution in [2.24, 2.45) is 0 Å². The van der Waals surface area contributed by atoms with Crippen molar-refractivity contribution in [2.45, 2.75) is 26.3 Å². The molecule has 1 saturated heterocycles. The van der Waals surface area contributed by atoms with E-state index in [0.29, 0.717) is 6.54 Å². The molecule has 1 N–H and O–H groups in total. The Morgan fingerprint density at radius 3 is 2.42 bits per heavy atom. The molecule has 3 heteroatoms. The monoisotopic (exact) mass is 168 g/mol. The summed E-state index contributed by atoms with van der Waals surface area (Å²) in [5.74, 6) is 0.0428. The van der Waals surface area contributed by atoms with Crippen molar-refractivity contribution >= 4 is 5.91 Å². The molecule has 0 atom stereocenters. The molecule has 1 fully saturated rings. The van der Waals surface area contributed by atoms with Gasteiger partial charge in [0, 0.05) is 17.8 Å². The van der Waals surface area contributed by atoms with Crippen LogP contribution in [0.15, 0.2) is 12.3 Å². The first-order valence-electron chi connectivity index (χ1n) is 4.12. The van der Waals surface area contributed by atoms with Gasteiger partial charge in [0.15, 0.2) is 0 Å². The van der Waals surface area contributed by atoms with E-state index < -0.39 is 0 Å². The largest absolute Gasteiger partial charge is 0.328 e. The van der Waals surface area contributed by atoms with Crippen LogP contribution in [0.25, 0.3) is 0 Å². The molecule has 1 aliphatic heterocycles. The number of hydrogen-bond donors (Lipinski definition) is 1. The molecular weight excluding hydrogens is 152 g/mol. The van der Waals surface area contributed by atoms with Gasteiger partial charge in [0.2, 0.25) is 5.91 Å². The number of rotatable bonds is 0. The van der Waals surface area contributed by atoms with Gasteiger partial charge in [-0.1, -0.05) is 6.58 Å². The summed E-state index contributed by atoms with van der Waals surface area (Å²) < 4.78 is 0. The standard InChI is InChI=1S/C9H16N2O/c1-7-5-11(9(2,3)4)6-8(12)10-7/h1,5-6H2,2-4H3,(H,10,12). The molecule has 12 heavy (non-hydrogen) atoms. The van der Waals surface area contributed by atoms with E-state index in [1.807, 2.05) is 0 Å². The Kier molecular flexibility index (Phi) is 2.24. The van der Waals surface area contributed by atoms with Crippen molar-refractivity contribution in [3.8, 4) is 0 Å². The van der Waals surface area contributed by atoms with Gasteiger partial charge in [-0.25, -0.2) is 0 Å². The third-order valence-electron chi connectivity index (χ3n) is 1.98. The average Bonchev–Trinajstić information content (AvgIpc) is 1.82. The van der Waals surface area contributed by atoms with Crippen molar-refractivity contribution in [1.29, 1.82) is 0 Å². The van der Waals surface area contributed by atoms with E-state index in [4.69, 9.17) is 0 Å². The molecule has 0 bridgehead atoms. The highest BCUT2D eigenvalue weighted by Gasteiger charge is 2.27. The highest BCUT2D eigenvalue weighted by molar-refractivity contribution is 5.81. The fourth-order valence-corrected chi connectivity index (χ4v) is 1.21. The predicted molar refractivity (Wildman–Crippen MR) is 48.6 cm³/mol. The minimum absolute atomic E-state index is 0.0424. The smallest absolute Gasteiger partial charge is 0.238 e. The number of nitrogens with zero attached hydrogens (tertiary/aromatic N) is 1. The molecule has 0 unspecified atom stereocenters. The van der Waals surface area contributed by atoms with Crippen molar-refractivity contribution in [3.05, 3.63) is 12.3 Å². The first kappa shape index (κ1) is 9.26. The first-order valence-corrected chi connectivity index (χ1v) is 4.12. The number of piperazine rings is 1. The average molecular weight is 168 g/mol. The maximum absolute atomic E-state index is 11.1. The van der Waals surface area contributed by atoms with Crippen molar-refractivity contribution in [2.75, 3.05) is 13.1 Å². The molecule has 0 aromatic heterocycles. The lowest BCUT2D eigenvalue weighted by Gasteiger charge is -2.38. The maximum Gasteiger partial charge on any atom is 0.238 e. The molecule has 68 valence electrons. The molecule has 3 nitrogen and oxygen atoms in total. The van der Waals surface area contributed by atoms with Gasteiger partial charge in [0.25, 0.3) is 0 Å². The topological polar surface area (TPSA) is 32.3 Å². The number of hydrogen-bond acceptors (Lipinski definition) is 2. The molecule has 0 saturated carbocycles. The fourth-order valence-electron chi connectivity index (χ4n) is 1.21. The highest BCUT2D eigenvalue weighted by atomic mass is 16.2. The quantitative estimate of drug-likeness (QED) is 0.578. The van der Waals surface area contributed by atoms with E-state index >= 15 is 0 Å². The van der Waals surface area contributed by atoms with Gasteiger partial charge in [-0.15, -0.1) is 0 Å². The molecule has 1 aliphatic rings. The van der Waals surface area contributed by atoms with Gasteiger partial charge in [-0.05, 0) is 20.8 Å². The molecular formula is C9H16N2O. The zero-order chi connectivity index (χ0) is 9.35. The van der Waals surface area contributed by atoms with E-state index in [1.165, 1.54) is 0 Å². The maximum atomic E-state index is 11.1. The lowest BCUT2D eigenvalue weighted by atomic mass is 10.0. The van der Waals surface area contributed by atoms with Crippen LogP contribution < -0.4 is 5.32 Å². The Morgan fingerprint density at radius 1 is 1.42 bits per heavy atom. The van der Waals surface area contributed by atoms with Crippen molar-refractivity contribution in [3.63, 3.8) is 0 Å². The molecule has 0 radical (unpaired) electrons. The molecule has 0 spiro atoms. The molecule has 0 aliphatic carbocycles. The zero-order valence-corrected chi connectivity index (χ0v) is 7.98. The van der Waals surface area contributed by atoms with Gasteiger partial charge in [-0.2, -0.15) is 0 Å². The molecule has 1 amide bonds. The van der Waals surface area contributed by atoms with Crippen LogP contribution in [-0.4, -0.2) is 29.4 Å². The third kappa shape index (κ3) is 2.08. The SMILES string of the molecule is C=C1CN(C(C)(C)C)CC(=O)N1. The second-order valence-corrected chi connectivity index (χ2v) is 4.18. The van der Waals surface area contributed by atoms with Gasteiger partial charge >= 0.3 is 0 Å². The van der Waals surface area contributed by atoms with Crippen LogP contribution in [-0.2, 0) is 4.79 Å². The Balaban J connectivity index is 2.68. The first-order chi connectivity index (χ1) is 5.39. The van der Waals surface area contributed by atoms with Gasteiger partial charge in [0.1, 0.15) is 0 Å². The fraction of sp³-hybridized carbons (Fsp3) is 0.667. The lowest BCUT2D eigenvalue weighted by Crippen LogP contribution is -2.53. The predicted octanol–water partition coefficient (Wildman–Crippen LogP) is 0.730. The Bertz CT molecular complexity index is 199. The summed E-state index contributed by atoms with van der Waals surface area (Å²) in [6.07, 6.45) is 0. The Labute approximate surface area is 73.4 Å². The summed E-state index contributed by atoms with van der Waals surface area (Å²) in [6, 6.07) is 0. The van der Waals surface area contributed by atoms with Gasteiger partial charge in [-0.3, -0.25) is 9.69 Å². The summed E-state index contributed by atoms with van der Waals surface area (Å²) in [7, 11) is 0. The summed E-state index contributed by atoms with van der Waals surface area (Å²) in [5, 5.41) is 2.71. The summed E-state index contributed by atoms with van der Waals surface area (Å²) in [5.41, 5.74) is 0.835. The summed E-state index contributed by atoms with van der Waals surface area (Å²) in [4.78, 5) is 13.2. The van der Waals surface area contributed by atoms with Crippen LogP contribution in [0.1, 0.15) is 20.8 Å². The van der Waals surface area contributed by atoms with E-state index in [9.17, 15) is 4.79 Å². The number of carbonyl (C=O) groups is 1. The van der Waals surface area contributed by atoms with Crippen molar-refractivity contribution in [1.82, 2.24) is 10.2 Å². The number of nitrogens with one attached hydrogen (secondary N) is 1. The normalized spacial score (nSPS) is 20.9. The van der Waals surface area contributed by atoms with E-state index in [-0.39, 0.29) is 11.4 Å². The second kappa shape index (κ2) is 2.90. The van der Waals surface area contributed by atoms with E-state index in [0.717, 1.165) is 12.2 Å². The Morgan fingerprint density at radius 2 is 2.00 bits per heavy atom. The third-order valence-corrected chi connectivity index (χ3v) is 1.98. The zero-order valence-electron chi connectivity index (χ0n) is 7.98. The molecule has 0 aromatic rings. The van der Waals surface area contributed by atoms with Crippen LogP contribution in [0.2, 0.25) is 0 Å². The van der Waals surface area contributed by atoms with Gasteiger partial charge < -0.3 is 5.32 Å². The second-order valence-electron chi connectivity index (χ2n) is 4.18.